The van der Waals surface area contributed by atoms with Gasteiger partial charge in [-0.15, -0.1) is 0 Å². The molecule has 0 saturated carbocycles. The molecule has 1 aromatic rings. The van der Waals surface area contributed by atoms with Crippen LogP contribution in [0.4, 0.5) is 13.2 Å². The zero-order chi connectivity index (χ0) is 19.1. The number of hydrogen-bond acceptors (Lipinski definition) is 6. The first-order chi connectivity index (χ1) is 12.2. The number of hydrogen-bond donors (Lipinski definition) is 4. The molecule has 138 valence electrons. The normalized spacial score (nSPS) is 21.3. The van der Waals surface area contributed by atoms with Crippen molar-refractivity contribution in [2.24, 2.45) is 5.16 Å². The molecule has 9 heteroatoms. The minimum Gasteiger partial charge on any atom is -0.410 e. The molecule has 26 heavy (non-hydrogen) atoms. The lowest BCUT2D eigenvalue weighted by molar-refractivity contribution is -0.206. The molecule has 1 fully saturated rings. The van der Waals surface area contributed by atoms with Crippen LogP contribution >= 0.6 is 0 Å². The van der Waals surface area contributed by atoms with Gasteiger partial charge in [-0.25, -0.2) is 0 Å². The predicted molar refractivity (Wildman–Crippen MR) is 88.0 cm³/mol. The number of aliphatic hydroxyl groups is 2. The van der Waals surface area contributed by atoms with Crippen molar-refractivity contribution in [3.05, 3.63) is 53.2 Å². The second kappa shape index (κ2) is 6.58. The zero-order valence-electron chi connectivity index (χ0n) is 13.4. The maximum Gasteiger partial charge on any atom is 0.418 e. The molecular formula is C17H16F3N3O3. The summed E-state index contributed by atoms with van der Waals surface area (Å²) in [4.78, 5) is 1.71. The Morgan fingerprint density at radius 1 is 1.23 bits per heavy atom. The molecule has 0 spiro atoms. The first kappa shape index (κ1) is 18.2. The molecule has 1 aliphatic carbocycles. The van der Waals surface area contributed by atoms with E-state index in [9.17, 15) is 23.4 Å². The van der Waals surface area contributed by atoms with E-state index in [2.05, 4.69) is 5.16 Å². The molecule has 1 aromatic carbocycles. The first-order valence-corrected chi connectivity index (χ1v) is 7.73. The second-order valence-electron chi connectivity index (χ2n) is 6.12. The van der Waals surface area contributed by atoms with Crippen LogP contribution in [0.1, 0.15) is 17.2 Å². The highest BCUT2D eigenvalue weighted by molar-refractivity contribution is 6.53. The maximum atomic E-state index is 12.7. The van der Waals surface area contributed by atoms with Crippen LogP contribution in [-0.4, -0.2) is 57.1 Å². The fraction of sp³-hybridized carbons (Fsp3) is 0.294. The van der Waals surface area contributed by atoms with Gasteiger partial charge in [-0.3, -0.25) is 5.41 Å². The third kappa shape index (κ3) is 3.35. The van der Waals surface area contributed by atoms with Gasteiger partial charge >= 0.3 is 6.18 Å². The Kier molecular flexibility index (Phi) is 4.59. The van der Waals surface area contributed by atoms with E-state index in [1.807, 2.05) is 0 Å². The monoisotopic (exact) mass is 367 g/mol. The molecule has 1 unspecified atom stereocenters. The summed E-state index contributed by atoms with van der Waals surface area (Å²) in [6.07, 6.45) is -4.94. The number of benzene rings is 1. The zero-order valence-corrected chi connectivity index (χ0v) is 13.4. The lowest BCUT2D eigenvalue weighted by Gasteiger charge is -2.40. The standard InChI is InChI=1S/C17H16F3N3O3/c18-17(19,20)16(25)10-3-1-2-9(4-10)11-5-13(22-26)15(21)14(6-11)23-7-12(24)8-23/h1-6,12,16,21,24-26H,7-8H2/b21-15?,22-13-. The molecule has 1 heterocycles. The molecule has 1 saturated heterocycles. The van der Waals surface area contributed by atoms with Crippen molar-refractivity contribution >= 4 is 17.0 Å². The van der Waals surface area contributed by atoms with Crippen molar-refractivity contribution in [2.45, 2.75) is 18.4 Å². The van der Waals surface area contributed by atoms with Gasteiger partial charge in [0.05, 0.1) is 11.8 Å². The van der Waals surface area contributed by atoms with E-state index < -0.39 is 18.4 Å². The van der Waals surface area contributed by atoms with Crippen LogP contribution in [0, 0.1) is 5.41 Å². The number of aliphatic hydroxyl groups excluding tert-OH is 2. The van der Waals surface area contributed by atoms with Crippen LogP contribution in [0.5, 0.6) is 0 Å². The van der Waals surface area contributed by atoms with Crippen molar-refractivity contribution in [3.63, 3.8) is 0 Å². The van der Waals surface area contributed by atoms with E-state index >= 15 is 0 Å². The minimum atomic E-state index is -4.78. The molecule has 0 radical (unpaired) electrons. The van der Waals surface area contributed by atoms with E-state index in [-0.39, 0.29) is 17.0 Å². The molecule has 0 bridgehead atoms. The Morgan fingerprint density at radius 2 is 1.92 bits per heavy atom. The van der Waals surface area contributed by atoms with Crippen molar-refractivity contribution in [3.8, 4) is 0 Å². The van der Waals surface area contributed by atoms with E-state index in [0.717, 1.165) is 0 Å². The van der Waals surface area contributed by atoms with Gasteiger partial charge < -0.3 is 20.3 Å². The smallest absolute Gasteiger partial charge is 0.410 e. The van der Waals surface area contributed by atoms with Crippen LogP contribution in [0.3, 0.4) is 0 Å². The number of alkyl halides is 3. The van der Waals surface area contributed by atoms with E-state index in [0.29, 0.717) is 29.9 Å². The maximum absolute atomic E-state index is 12.7. The highest BCUT2D eigenvalue weighted by Crippen LogP contribution is 2.34. The number of allylic oxidation sites excluding steroid dienone is 4. The number of rotatable bonds is 3. The summed E-state index contributed by atoms with van der Waals surface area (Å²) in [5.74, 6) is 0. The van der Waals surface area contributed by atoms with Gasteiger partial charge in [0.2, 0.25) is 0 Å². The highest BCUT2D eigenvalue weighted by atomic mass is 19.4. The molecule has 6 nitrogen and oxygen atoms in total. The Bertz CT molecular complexity index is 824. The summed E-state index contributed by atoms with van der Waals surface area (Å²) in [7, 11) is 0. The van der Waals surface area contributed by atoms with Crippen molar-refractivity contribution in [1.82, 2.24) is 4.90 Å². The highest BCUT2D eigenvalue weighted by Gasteiger charge is 2.39. The summed E-state index contributed by atoms with van der Waals surface area (Å²) in [6.45, 7) is 0.625. The Labute approximate surface area is 146 Å². The second-order valence-corrected chi connectivity index (χ2v) is 6.12. The van der Waals surface area contributed by atoms with Crippen LogP contribution < -0.4 is 0 Å². The van der Waals surface area contributed by atoms with Crippen LogP contribution in [0.25, 0.3) is 5.57 Å². The fourth-order valence-electron chi connectivity index (χ4n) is 2.84. The summed E-state index contributed by atoms with van der Waals surface area (Å²) in [5, 5.41) is 39.2. The SMILES string of the molecule is N=C1C(N2CC(O)C2)=CC(c2cccc(C(O)C(F)(F)F)c2)=C/C1=N/O. The number of likely N-dealkylation sites (tertiary alicyclic amines) is 1. The number of β-amino-alcohol motifs (C(OH)–C–C–N with tert-alkyl or cyclic N) is 1. The third-order valence-electron chi connectivity index (χ3n) is 4.25. The van der Waals surface area contributed by atoms with Crippen molar-refractivity contribution in [1.29, 1.82) is 5.41 Å². The van der Waals surface area contributed by atoms with Gasteiger partial charge in [0, 0.05) is 13.1 Å². The van der Waals surface area contributed by atoms with Gasteiger partial charge in [-0.05, 0) is 34.9 Å². The van der Waals surface area contributed by atoms with Crippen molar-refractivity contribution < 1.29 is 28.6 Å². The largest absolute Gasteiger partial charge is 0.418 e. The molecule has 1 atom stereocenters. The number of halogens is 3. The quantitative estimate of drug-likeness (QED) is 0.373. The van der Waals surface area contributed by atoms with Gasteiger partial charge in [0.25, 0.3) is 0 Å². The lowest BCUT2D eigenvalue weighted by atomic mass is 9.92. The summed E-state index contributed by atoms with van der Waals surface area (Å²) in [5.41, 5.74) is 0.811. The number of nitrogens with one attached hydrogen (secondary N) is 1. The molecular weight excluding hydrogens is 351 g/mol. The molecule has 0 aromatic heterocycles. The Hall–Kier alpha value is -2.65. The van der Waals surface area contributed by atoms with Gasteiger partial charge in [0.15, 0.2) is 6.10 Å². The summed E-state index contributed by atoms with van der Waals surface area (Å²) in [6, 6.07) is 5.32. The third-order valence-corrected chi connectivity index (χ3v) is 4.25. The van der Waals surface area contributed by atoms with Crippen LogP contribution in [0.2, 0.25) is 0 Å². The average molecular weight is 367 g/mol. The van der Waals surface area contributed by atoms with E-state index in [4.69, 9.17) is 10.6 Å². The summed E-state index contributed by atoms with van der Waals surface area (Å²) < 4.78 is 38.2. The predicted octanol–water partition coefficient (Wildman–Crippen LogP) is 2.09. The molecule has 4 N–H and O–H groups in total. The number of oxime groups is 1. The Balaban J connectivity index is 1.98. The molecule has 3 rings (SSSR count). The fourth-order valence-corrected chi connectivity index (χ4v) is 2.84. The van der Waals surface area contributed by atoms with Gasteiger partial charge in [-0.1, -0.05) is 23.4 Å². The first-order valence-electron chi connectivity index (χ1n) is 7.73. The van der Waals surface area contributed by atoms with Crippen LogP contribution in [0.15, 0.2) is 47.3 Å². The summed E-state index contributed by atoms with van der Waals surface area (Å²) >= 11 is 0. The number of nitrogens with zero attached hydrogens (tertiary/aromatic N) is 2. The molecule has 2 aliphatic rings. The van der Waals surface area contributed by atoms with E-state index in [1.165, 1.54) is 24.3 Å². The molecule has 1 aliphatic heterocycles. The van der Waals surface area contributed by atoms with Crippen LogP contribution in [-0.2, 0) is 0 Å². The Morgan fingerprint density at radius 3 is 2.50 bits per heavy atom. The topological polar surface area (TPSA) is 100 Å². The van der Waals surface area contributed by atoms with Crippen molar-refractivity contribution in [2.75, 3.05) is 13.1 Å². The lowest BCUT2D eigenvalue weighted by Crippen LogP contribution is -2.52. The average Bonchev–Trinajstić information content (AvgIpc) is 2.58. The van der Waals surface area contributed by atoms with Gasteiger partial charge in [0.1, 0.15) is 11.4 Å². The van der Waals surface area contributed by atoms with E-state index in [1.54, 1.807) is 17.0 Å². The minimum absolute atomic E-state index is 0.0411. The van der Waals surface area contributed by atoms with Gasteiger partial charge in [-0.2, -0.15) is 13.2 Å². The molecule has 0 amide bonds.